The molecular weight excluding hydrogens is 258 g/mol. The molecule has 0 fully saturated rings. The number of aromatic nitrogens is 2. The average molecular weight is 277 g/mol. The number of anilines is 1. The molecule has 1 N–H and O–H groups in total. The lowest BCUT2D eigenvalue weighted by Gasteiger charge is -2.12. The van der Waals surface area contributed by atoms with E-state index in [-0.39, 0.29) is 0 Å². The van der Waals surface area contributed by atoms with Crippen LogP contribution in [0, 0.1) is 0 Å². The van der Waals surface area contributed by atoms with E-state index in [1.165, 1.54) is 5.56 Å². The standard InChI is InChI=1S/C18H19N3/c1-14(15-7-3-2-4-8-15)11-12-19-18-13-20-16-9-5-6-10-17(16)21-18/h2-10,13-14H,11-12H2,1H3,(H,19,21). The summed E-state index contributed by atoms with van der Waals surface area (Å²) in [6, 6.07) is 18.5. The molecule has 3 aromatic rings. The lowest BCUT2D eigenvalue weighted by Crippen LogP contribution is -2.07. The fourth-order valence-corrected chi connectivity index (χ4v) is 2.41. The first-order valence-corrected chi connectivity index (χ1v) is 7.33. The Kier molecular flexibility index (Phi) is 4.10. The Morgan fingerprint density at radius 1 is 0.952 bits per heavy atom. The molecule has 21 heavy (non-hydrogen) atoms. The van der Waals surface area contributed by atoms with Gasteiger partial charge in [0.25, 0.3) is 0 Å². The van der Waals surface area contributed by atoms with Crippen LogP contribution in [0.4, 0.5) is 5.82 Å². The van der Waals surface area contributed by atoms with Crippen molar-refractivity contribution < 1.29 is 0 Å². The van der Waals surface area contributed by atoms with Gasteiger partial charge in [-0.25, -0.2) is 4.98 Å². The molecule has 1 aromatic heterocycles. The normalized spacial score (nSPS) is 12.2. The monoisotopic (exact) mass is 277 g/mol. The van der Waals surface area contributed by atoms with Crippen LogP contribution in [0.15, 0.2) is 60.8 Å². The van der Waals surface area contributed by atoms with E-state index < -0.39 is 0 Å². The SMILES string of the molecule is CC(CCNc1cnc2ccccc2n1)c1ccccc1. The number of fused-ring (bicyclic) bond motifs is 1. The molecule has 0 bridgehead atoms. The van der Waals surface area contributed by atoms with Crippen molar-refractivity contribution in [2.24, 2.45) is 0 Å². The molecule has 2 aromatic carbocycles. The summed E-state index contributed by atoms with van der Waals surface area (Å²) in [5.74, 6) is 1.38. The average Bonchev–Trinajstić information content (AvgIpc) is 2.55. The lowest BCUT2D eigenvalue weighted by atomic mass is 9.98. The molecule has 1 atom stereocenters. The maximum Gasteiger partial charge on any atom is 0.145 e. The van der Waals surface area contributed by atoms with Crippen LogP contribution in [0.2, 0.25) is 0 Å². The van der Waals surface area contributed by atoms with Crippen molar-refractivity contribution in [2.75, 3.05) is 11.9 Å². The van der Waals surface area contributed by atoms with Crippen LogP contribution in [-0.2, 0) is 0 Å². The minimum Gasteiger partial charge on any atom is -0.369 e. The van der Waals surface area contributed by atoms with Crippen molar-refractivity contribution in [3.05, 3.63) is 66.4 Å². The molecule has 0 amide bonds. The third-order valence-corrected chi connectivity index (χ3v) is 3.70. The fourth-order valence-electron chi connectivity index (χ4n) is 2.41. The highest BCUT2D eigenvalue weighted by molar-refractivity contribution is 5.75. The summed E-state index contributed by atoms with van der Waals surface area (Å²) >= 11 is 0. The summed E-state index contributed by atoms with van der Waals surface area (Å²) in [4.78, 5) is 8.98. The number of hydrogen-bond donors (Lipinski definition) is 1. The molecule has 0 aliphatic carbocycles. The fraction of sp³-hybridized carbons (Fsp3) is 0.222. The van der Waals surface area contributed by atoms with Gasteiger partial charge in [0.15, 0.2) is 0 Å². The second-order valence-corrected chi connectivity index (χ2v) is 5.27. The number of nitrogens with one attached hydrogen (secondary N) is 1. The van der Waals surface area contributed by atoms with Gasteiger partial charge >= 0.3 is 0 Å². The van der Waals surface area contributed by atoms with Crippen molar-refractivity contribution in [2.45, 2.75) is 19.3 Å². The molecule has 0 saturated heterocycles. The first-order chi connectivity index (χ1) is 10.3. The van der Waals surface area contributed by atoms with Gasteiger partial charge < -0.3 is 5.32 Å². The van der Waals surface area contributed by atoms with Gasteiger partial charge in [0.1, 0.15) is 5.82 Å². The third-order valence-electron chi connectivity index (χ3n) is 3.70. The molecule has 3 nitrogen and oxygen atoms in total. The van der Waals surface area contributed by atoms with Crippen molar-refractivity contribution in [3.63, 3.8) is 0 Å². The van der Waals surface area contributed by atoms with Gasteiger partial charge in [-0.05, 0) is 30.0 Å². The molecule has 0 aliphatic rings. The highest BCUT2D eigenvalue weighted by Crippen LogP contribution is 2.18. The molecule has 1 heterocycles. The number of hydrogen-bond acceptors (Lipinski definition) is 3. The summed E-state index contributed by atoms with van der Waals surface area (Å²) in [5.41, 5.74) is 3.24. The van der Waals surface area contributed by atoms with E-state index in [4.69, 9.17) is 0 Å². The highest BCUT2D eigenvalue weighted by atomic mass is 15.0. The molecule has 1 unspecified atom stereocenters. The van der Waals surface area contributed by atoms with E-state index in [0.29, 0.717) is 5.92 Å². The van der Waals surface area contributed by atoms with Gasteiger partial charge in [0, 0.05) is 6.54 Å². The Balaban J connectivity index is 1.59. The number of para-hydroxylation sites is 2. The zero-order valence-electron chi connectivity index (χ0n) is 12.2. The molecule has 0 spiro atoms. The zero-order valence-corrected chi connectivity index (χ0v) is 12.2. The first-order valence-electron chi connectivity index (χ1n) is 7.33. The second kappa shape index (κ2) is 6.35. The largest absolute Gasteiger partial charge is 0.369 e. The number of benzene rings is 2. The minimum absolute atomic E-state index is 0.534. The highest BCUT2D eigenvalue weighted by Gasteiger charge is 2.05. The third kappa shape index (κ3) is 3.37. The summed E-state index contributed by atoms with van der Waals surface area (Å²) in [7, 11) is 0. The smallest absolute Gasteiger partial charge is 0.145 e. The summed E-state index contributed by atoms with van der Waals surface area (Å²) in [5, 5.41) is 3.36. The predicted octanol–water partition coefficient (Wildman–Crippen LogP) is 4.24. The van der Waals surface area contributed by atoms with Crippen LogP contribution < -0.4 is 5.32 Å². The maximum atomic E-state index is 4.57. The molecule has 106 valence electrons. The van der Waals surface area contributed by atoms with Crippen LogP contribution in [0.3, 0.4) is 0 Å². The van der Waals surface area contributed by atoms with E-state index in [9.17, 15) is 0 Å². The number of nitrogens with zero attached hydrogens (tertiary/aromatic N) is 2. The number of rotatable bonds is 5. The van der Waals surface area contributed by atoms with Crippen molar-refractivity contribution in [1.29, 1.82) is 0 Å². The van der Waals surface area contributed by atoms with E-state index in [2.05, 4.69) is 52.5 Å². The Hall–Kier alpha value is -2.42. The molecule has 3 heteroatoms. The van der Waals surface area contributed by atoms with Gasteiger partial charge in [-0.2, -0.15) is 0 Å². The zero-order chi connectivity index (χ0) is 14.5. The summed E-state index contributed by atoms with van der Waals surface area (Å²) in [6.07, 6.45) is 2.87. The Morgan fingerprint density at radius 2 is 1.67 bits per heavy atom. The van der Waals surface area contributed by atoms with Crippen molar-refractivity contribution >= 4 is 16.9 Å². The molecule has 3 rings (SSSR count). The van der Waals surface area contributed by atoms with Crippen LogP contribution in [0.5, 0.6) is 0 Å². The molecule has 0 radical (unpaired) electrons. The lowest BCUT2D eigenvalue weighted by molar-refractivity contribution is 0.705. The van der Waals surface area contributed by atoms with Gasteiger partial charge in [-0.1, -0.05) is 49.4 Å². The van der Waals surface area contributed by atoms with Crippen LogP contribution in [0.25, 0.3) is 11.0 Å². The summed E-state index contributed by atoms with van der Waals surface area (Å²) in [6.45, 7) is 3.15. The summed E-state index contributed by atoms with van der Waals surface area (Å²) < 4.78 is 0. The van der Waals surface area contributed by atoms with E-state index in [0.717, 1.165) is 29.8 Å². The molecule has 0 aliphatic heterocycles. The van der Waals surface area contributed by atoms with Gasteiger partial charge in [-0.3, -0.25) is 4.98 Å². The Bertz CT molecular complexity index is 710. The van der Waals surface area contributed by atoms with Crippen molar-refractivity contribution in [1.82, 2.24) is 9.97 Å². The Labute approximate surface area is 125 Å². The minimum atomic E-state index is 0.534. The molecular formula is C18H19N3. The van der Waals surface area contributed by atoms with E-state index in [1.54, 1.807) is 6.20 Å². The Morgan fingerprint density at radius 3 is 2.48 bits per heavy atom. The van der Waals surface area contributed by atoms with Gasteiger partial charge in [-0.15, -0.1) is 0 Å². The quantitative estimate of drug-likeness (QED) is 0.758. The predicted molar refractivity (Wildman–Crippen MR) is 87.5 cm³/mol. The second-order valence-electron chi connectivity index (χ2n) is 5.27. The topological polar surface area (TPSA) is 37.8 Å². The molecule has 0 saturated carbocycles. The van der Waals surface area contributed by atoms with Crippen LogP contribution >= 0.6 is 0 Å². The van der Waals surface area contributed by atoms with Gasteiger partial charge in [0.2, 0.25) is 0 Å². The van der Waals surface area contributed by atoms with E-state index in [1.807, 2.05) is 24.3 Å². The van der Waals surface area contributed by atoms with Crippen molar-refractivity contribution in [3.8, 4) is 0 Å². The first kappa shape index (κ1) is 13.6. The van der Waals surface area contributed by atoms with Crippen LogP contribution in [-0.4, -0.2) is 16.5 Å². The maximum absolute atomic E-state index is 4.57. The van der Waals surface area contributed by atoms with E-state index >= 15 is 0 Å². The van der Waals surface area contributed by atoms with Gasteiger partial charge in [0.05, 0.1) is 17.2 Å². The van der Waals surface area contributed by atoms with Crippen LogP contribution in [0.1, 0.15) is 24.8 Å².